The van der Waals surface area contributed by atoms with Gasteiger partial charge in [0.25, 0.3) is 0 Å². The molecule has 0 radical (unpaired) electrons. The minimum atomic E-state index is -0.219. The van der Waals surface area contributed by atoms with Crippen molar-refractivity contribution in [3.05, 3.63) is 36.4 Å². The highest BCUT2D eigenvalue weighted by molar-refractivity contribution is 9.09. The van der Waals surface area contributed by atoms with E-state index in [2.05, 4.69) is 27.8 Å². The molecule has 0 spiro atoms. The summed E-state index contributed by atoms with van der Waals surface area (Å²) in [6.07, 6.45) is 1.84. The van der Waals surface area contributed by atoms with Gasteiger partial charge in [0, 0.05) is 11.4 Å². The van der Waals surface area contributed by atoms with Gasteiger partial charge in [-0.15, -0.1) is 0 Å². The fourth-order valence-electron chi connectivity index (χ4n) is 1.31. The third-order valence-corrected chi connectivity index (χ3v) is 2.83. The highest BCUT2D eigenvalue weighted by Crippen LogP contribution is 2.25. The molecule has 92 valence electrons. The number of benzene rings is 1. The van der Waals surface area contributed by atoms with Crippen LogP contribution in [-0.4, -0.2) is 27.5 Å². The van der Waals surface area contributed by atoms with Crippen LogP contribution in [0.5, 0.6) is 11.5 Å². The molecule has 0 aliphatic heterocycles. The van der Waals surface area contributed by atoms with E-state index in [9.17, 15) is 9.90 Å². The van der Waals surface area contributed by atoms with Crippen LogP contribution in [0.3, 0.4) is 0 Å². The highest BCUT2D eigenvalue weighted by Gasteiger charge is 2.08. The Balaban J connectivity index is 2.50. The lowest BCUT2D eigenvalue weighted by Gasteiger charge is -2.10. The van der Waals surface area contributed by atoms with Crippen molar-refractivity contribution in [2.24, 2.45) is 0 Å². The summed E-state index contributed by atoms with van der Waals surface area (Å²) in [5, 5.41) is 21.1. The van der Waals surface area contributed by atoms with Gasteiger partial charge in [-0.1, -0.05) is 28.6 Å². The largest absolute Gasteiger partial charge is 0.504 e. The molecular weight excluding hydrogens is 286 g/mol. The molecule has 0 saturated carbocycles. The molecule has 0 saturated heterocycles. The number of alkyl halides is 1. The number of phenols is 2. The first-order valence-electron chi connectivity index (χ1n) is 5.08. The third-order valence-electron chi connectivity index (χ3n) is 2.18. The van der Waals surface area contributed by atoms with E-state index >= 15 is 0 Å². The van der Waals surface area contributed by atoms with Crippen LogP contribution in [0.15, 0.2) is 30.9 Å². The zero-order valence-electron chi connectivity index (χ0n) is 9.19. The van der Waals surface area contributed by atoms with Crippen LogP contribution in [0.25, 0.3) is 0 Å². The molecule has 1 atom stereocenters. The molecule has 0 aliphatic rings. The van der Waals surface area contributed by atoms with Crippen LogP contribution < -0.4 is 5.32 Å². The molecule has 1 aromatic carbocycles. The molecule has 0 fully saturated rings. The van der Waals surface area contributed by atoms with Crippen molar-refractivity contribution in [3.63, 3.8) is 0 Å². The van der Waals surface area contributed by atoms with E-state index in [4.69, 9.17) is 5.11 Å². The molecule has 1 rings (SSSR count). The van der Waals surface area contributed by atoms with Crippen molar-refractivity contribution in [2.75, 3.05) is 6.54 Å². The fraction of sp³-hybridized carbons (Fsp3) is 0.250. The topological polar surface area (TPSA) is 69.6 Å². The molecule has 0 heterocycles. The fourth-order valence-corrected chi connectivity index (χ4v) is 1.84. The third kappa shape index (κ3) is 4.48. The normalized spacial score (nSPS) is 11.8. The van der Waals surface area contributed by atoms with E-state index in [-0.39, 0.29) is 22.2 Å². The Morgan fingerprint density at radius 1 is 1.47 bits per heavy atom. The summed E-state index contributed by atoms with van der Waals surface area (Å²) in [6.45, 7) is 3.82. The Morgan fingerprint density at radius 3 is 2.76 bits per heavy atom. The van der Waals surface area contributed by atoms with Gasteiger partial charge in [0.1, 0.15) is 0 Å². The lowest BCUT2D eigenvalue weighted by atomic mass is 10.1. The summed E-state index contributed by atoms with van der Waals surface area (Å²) in [6, 6.07) is 4.66. The number of aromatic hydroxyl groups is 2. The maximum atomic E-state index is 10.9. The van der Waals surface area contributed by atoms with Gasteiger partial charge >= 0.3 is 0 Å². The average molecular weight is 300 g/mol. The number of hydrogen-bond donors (Lipinski definition) is 3. The van der Waals surface area contributed by atoms with E-state index in [1.54, 1.807) is 6.07 Å². The Morgan fingerprint density at radius 2 is 2.18 bits per heavy atom. The van der Waals surface area contributed by atoms with Gasteiger partial charge in [0.15, 0.2) is 11.5 Å². The SMILES string of the molecule is C=CC(=O)NCC(Br)Cc1ccc(O)c(O)c1. The van der Waals surface area contributed by atoms with E-state index < -0.39 is 0 Å². The van der Waals surface area contributed by atoms with Crippen LogP contribution in [0, 0.1) is 0 Å². The second-order valence-corrected chi connectivity index (χ2v) is 4.87. The molecular formula is C12H14BrNO3. The van der Waals surface area contributed by atoms with Crippen LogP contribution in [0.2, 0.25) is 0 Å². The van der Waals surface area contributed by atoms with Crippen molar-refractivity contribution in [3.8, 4) is 11.5 Å². The van der Waals surface area contributed by atoms with Gasteiger partial charge in [0.2, 0.25) is 5.91 Å². The molecule has 5 heteroatoms. The molecule has 1 amide bonds. The number of carbonyl (C=O) groups is 1. The van der Waals surface area contributed by atoms with Gasteiger partial charge in [-0.25, -0.2) is 0 Å². The number of carbonyl (C=O) groups excluding carboxylic acids is 1. The minimum Gasteiger partial charge on any atom is -0.504 e. The maximum Gasteiger partial charge on any atom is 0.243 e. The predicted molar refractivity (Wildman–Crippen MR) is 69.4 cm³/mol. The monoisotopic (exact) mass is 299 g/mol. The zero-order valence-corrected chi connectivity index (χ0v) is 10.8. The number of hydrogen-bond acceptors (Lipinski definition) is 3. The van der Waals surface area contributed by atoms with E-state index in [0.29, 0.717) is 13.0 Å². The number of halogens is 1. The van der Waals surface area contributed by atoms with Crippen LogP contribution in [0.4, 0.5) is 0 Å². The lowest BCUT2D eigenvalue weighted by molar-refractivity contribution is -0.116. The average Bonchev–Trinajstić information content (AvgIpc) is 2.31. The lowest BCUT2D eigenvalue weighted by Crippen LogP contribution is -2.28. The van der Waals surface area contributed by atoms with Gasteiger partial charge in [-0.2, -0.15) is 0 Å². The maximum absolute atomic E-state index is 10.9. The summed E-state index contributed by atoms with van der Waals surface area (Å²) < 4.78 is 0. The molecule has 1 unspecified atom stereocenters. The predicted octanol–water partition coefficient (Wildman–Crippen LogP) is 1.71. The summed E-state index contributed by atoms with van der Waals surface area (Å²) >= 11 is 3.42. The molecule has 17 heavy (non-hydrogen) atoms. The summed E-state index contributed by atoms with van der Waals surface area (Å²) in [5.41, 5.74) is 0.870. The van der Waals surface area contributed by atoms with Crippen molar-refractivity contribution in [1.82, 2.24) is 5.32 Å². The first-order chi connectivity index (χ1) is 8.02. The van der Waals surface area contributed by atoms with Crippen molar-refractivity contribution >= 4 is 21.8 Å². The zero-order chi connectivity index (χ0) is 12.8. The van der Waals surface area contributed by atoms with Gasteiger partial charge in [-0.3, -0.25) is 4.79 Å². The molecule has 0 aliphatic carbocycles. The van der Waals surface area contributed by atoms with Gasteiger partial charge in [-0.05, 0) is 30.2 Å². The highest BCUT2D eigenvalue weighted by atomic mass is 79.9. The molecule has 0 aromatic heterocycles. The Labute approximate surface area is 108 Å². The van der Waals surface area contributed by atoms with Gasteiger partial charge < -0.3 is 15.5 Å². The van der Waals surface area contributed by atoms with Crippen LogP contribution >= 0.6 is 15.9 Å². The summed E-state index contributed by atoms with van der Waals surface area (Å²) in [5.74, 6) is -0.500. The summed E-state index contributed by atoms with van der Waals surface area (Å²) in [7, 11) is 0. The van der Waals surface area contributed by atoms with E-state index in [1.165, 1.54) is 18.2 Å². The molecule has 4 nitrogen and oxygen atoms in total. The van der Waals surface area contributed by atoms with Crippen LogP contribution in [-0.2, 0) is 11.2 Å². The summed E-state index contributed by atoms with van der Waals surface area (Å²) in [4.78, 5) is 11.0. The molecule has 0 bridgehead atoms. The minimum absolute atomic E-state index is 0.0512. The standard InChI is InChI=1S/C12H14BrNO3/c1-2-12(17)14-7-9(13)5-8-3-4-10(15)11(16)6-8/h2-4,6,9,15-16H,1,5,7H2,(H,14,17). The van der Waals surface area contributed by atoms with Crippen molar-refractivity contribution < 1.29 is 15.0 Å². The Bertz CT molecular complexity index is 420. The molecule has 3 N–H and O–H groups in total. The number of amides is 1. The first kappa shape index (κ1) is 13.6. The van der Waals surface area contributed by atoms with E-state index in [0.717, 1.165) is 5.56 Å². The quantitative estimate of drug-likeness (QED) is 0.440. The van der Waals surface area contributed by atoms with E-state index in [1.807, 2.05) is 0 Å². The second-order valence-electron chi connectivity index (χ2n) is 3.57. The molecule has 1 aromatic rings. The Hall–Kier alpha value is -1.49. The first-order valence-corrected chi connectivity index (χ1v) is 5.99. The van der Waals surface area contributed by atoms with Gasteiger partial charge in [0.05, 0.1) is 0 Å². The Kier molecular flexibility index (Phi) is 5.03. The number of nitrogens with one attached hydrogen (secondary N) is 1. The van der Waals surface area contributed by atoms with Crippen LogP contribution in [0.1, 0.15) is 5.56 Å². The smallest absolute Gasteiger partial charge is 0.243 e. The number of phenolic OH excluding ortho intramolecular Hbond substituents is 2. The number of rotatable bonds is 5. The van der Waals surface area contributed by atoms with Crippen molar-refractivity contribution in [1.29, 1.82) is 0 Å². The second kappa shape index (κ2) is 6.30. The van der Waals surface area contributed by atoms with Crippen molar-refractivity contribution in [2.45, 2.75) is 11.2 Å².